The maximum atomic E-state index is 12.4. The lowest BCUT2D eigenvalue weighted by Crippen LogP contribution is -2.32. The molecule has 0 spiro atoms. The summed E-state index contributed by atoms with van der Waals surface area (Å²) >= 11 is 0. The molecule has 1 aliphatic rings. The number of para-hydroxylation sites is 2. The van der Waals surface area contributed by atoms with Crippen LogP contribution in [0, 0.1) is 5.92 Å². The summed E-state index contributed by atoms with van der Waals surface area (Å²) in [5, 5.41) is 8.90. The van der Waals surface area contributed by atoms with E-state index in [0.29, 0.717) is 11.4 Å². The Hall–Kier alpha value is -3.02. The van der Waals surface area contributed by atoms with E-state index in [4.69, 9.17) is 4.74 Å². The Balaban J connectivity index is 1.55. The molecule has 6 nitrogen and oxygen atoms in total. The predicted octanol–water partition coefficient (Wildman–Crippen LogP) is 3.48. The molecule has 2 amide bonds. The highest BCUT2D eigenvalue weighted by molar-refractivity contribution is 5.97. The second-order valence-corrected chi connectivity index (χ2v) is 6.40. The van der Waals surface area contributed by atoms with Gasteiger partial charge in [-0.05, 0) is 56.2 Å². The van der Waals surface area contributed by atoms with Gasteiger partial charge in [-0.25, -0.2) is 0 Å². The van der Waals surface area contributed by atoms with Gasteiger partial charge < -0.3 is 20.7 Å². The second kappa shape index (κ2) is 7.91. The minimum atomic E-state index is -0.438. The smallest absolute Gasteiger partial charge is 0.246 e. The van der Waals surface area contributed by atoms with E-state index in [9.17, 15) is 9.59 Å². The zero-order valence-electron chi connectivity index (χ0n) is 14.9. The lowest BCUT2D eigenvalue weighted by molar-refractivity contribution is -0.117. The first-order chi connectivity index (χ1) is 12.6. The third-order valence-corrected chi connectivity index (χ3v) is 4.24. The summed E-state index contributed by atoms with van der Waals surface area (Å²) in [6, 6.07) is 14.2. The summed E-state index contributed by atoms with van der Waals surface area (Å²) in [7, 11) is 1.57. The van der Waals surface area contributed by atoms with E-state index in [0.717, 1.165) is 24.2 Å². The van der Waals surface area contributed by atoms with Crippen molar-refractivity contribution in [3.05, 3.63) is 48.5 Å². The van der Waals surface area contributed by atoms with E-state index >= 15 is 0 Å². The fraction of sp³-hybridized carbons (Fsp3) is 0.300. The van der Waals surface area contributed by atoms with Crippen molar-refractivity contribution in [2.45, 2.75) is 25.8 Å². The van der Waals surface area contributed by atoms with Crippen molar-refractivity contribution in [3.63, 3.8) is 0 Å². The van der Waals surface area contributed by atoms with Gasteiger partial charge in [0.1, 0.15) is 11.8 Å². The second-order valence-electron chi connectivity index (χ2n) is 6.40. The number of methoxy groups -OCH3 is 1. The van der Waals surface area contributed by atoms with Crippen molar-refractivity contribution in [1.82, 2.24) is 0 Å². The molecule has 1 aliphatic carbocycles. The molecule has 0 bridgehead atoms. The highest BCUT2D eigenvalue weighted by Gasteiger charge is 2.29. The van der Waals surface area contributed by atoms with Crippen LogP contribution in [0.15, 0.2) is 48.5 Å². The van der Waals surface area contributed by atoms with Gasteiger partial charge in [-0.3, -0.25) is 9.59 Å². The molecule has 0 aromatic heterocycles. The highest BCUT2D eigenvalue weighted by Crippen LogP contribution is 2.30. The third-order valence-electron chi connectivity index (χ3n) is 4.24. The molecule has 0 saturated heterocycles. The van der Waals surface area contributed by atoms with Gasteiger partial charge in [0.05, 0.1) is 12.8 Å². The number of carbonyl (C=O) groups is 2. The third kappa shape index (κ3) is 4.53. The predicted molar refractivity (Wildman–Crippen MR) is 103 cm³/mol. The Labute approximate surface area is 152 Å². The van der Waals surface area contributed by atoms with Crippen molar-refractivity contribution in [2.24, 2.45) is 5.92 Å². The van der Waals surface area contributed by atoms with Gasteiger partial charge in [0.2, 0.25) is 11.8 Å². The van der Waals surface area contributed by atoms with Gasteiger partial charge in [-0.1, -0.05) is 12.1 Å². The summed E-state index contributed by atoms with van der Waals surface area (Å²) in [5.74, 6) is 0.700. The largest absolute Gasteiger partial charge is 0.495 e. The van der Waals surface area contributed by atoms with E-state index < -0.39 is 6.04 Å². The summed E-state index contributed by atoms with van der Waals surface area (Å²) in [6.45, 7) is 1.79. The standard InChI is InChI=1S/C20H23N3O3/c1-13(19(24)23-17-5-3-4-6-18(17)26-2)21-15-9-11-16(12-10-15)22-20(25)14-7-8-14/h3-6,9-14,21H,7-8H2,1-2H3,(H,22,25)(H,23,24). The van der Waals surface area contributed by atoms with Gasteiger partial charge in [0, 0.05) is 17.3 Å². The van der Waals surface area contributed by atoms with E-state index in [1.54, 1.807) is 26.2 Å². The van der Waals surface area contributed by atoms with Crippen molar-refractivity contribution in [1.29, 1.82) is 0 Å². The topological polar surface area (TPSA) is 79.5 Å². The van der Waals surface area contributed by atoms with Crippen molar-refractivity contribution in [3.8, 4) is 5.75 Å². The van der Waals surface area contributed by atoms with Crippen LogP contribution in [0.2, 0.25) is 0 Å². The molecule has 1 saturated carbocycles. The number of rotatable bonds is 7. The first-order valence-electron chi connectivity index (χ1n) is 8.68. The minimum Gasteiger partial charge on any atom is -0.495 e. The average molecular weight is 353 g/mol. The van der Waals surface area contributed by atoms with Crippen LogP contribution in [0.1, 0.15) is 19.8 Å². The number of amides is 2. The van der Waals surface area contributed by atoms with E-state index in [1.165, 1.54) is 0 Å². The molecular formula is C20H23N3O3. The first-order valence-corrected chi connectivity index (χ1v) is 8.68. The molecule has 136 valence electrons. The zero-order valence-corrected chi connectivity index (χ0v) is 14.9. The maximum Gasteiger partial charge on any atom is 0.246 e. The molecule has 3 N–H and O–H groups in total. The minimum absolute atomic E-state index is 0.0789. The number of hydrogen-bond donors (Lipinski definition) is 3. The Morgan fingerprint density at radius 2 is 1.65 bits per heavy atom. The molecule has 6 heteroatoms. The molecule has 1 fully saturated rings. The molecule has 1 atom stereocenters. The molecule has 26 heavy (non-hydrogen) atoms. The Bertz CT molecular complexity index is 785. The van der Waals surface area contributed by atoms with Crippen molar-refractivity contribution in [2.75, 3.05) is 23.1 Å². The molecule has 0 aliphatic heterocycles. The van der Waals surface area contributed by atoms with Crippen LogP contribution in [0.3, 0.4) is 0 Å². The molecule has 1 unspecified atom stereocenters. The Morgan fingerprint density at radius 1 is 1.00 bits per heavy atom. The number of anilines is 3. The average Bonchev–Trinajstić information content (AvgIpc) is 3.49. The summed E-state index contributed by atoms with van der Waals surface area (Å²) < 4.78 is 5.24. The molecule has 0 heterocycles. The maximum absolute atomic E-state index is 12.4. The summed E-state index contributed by atoms with van der Waals surface area (Å²) in [6.07, 6.45) is 1.95. The van der Waals surface area contributed by atoms with Gasteiger partial charge in [0.15, 0.2) is 0 Å². The molecule has 2 aromatic carbocycles. The van der Waals surface area contributed by atoms with E-state index in [2.05, 4.69) is 16.0 Å². The first kappa shape index (κ1) is 17.8. The number of ether oxygens (including phenoxy) is 1. The Morgan fingerprint density at radius 3 is 2.31 bits per heavy atom. The van der Waals surface area contributed by atoms with Crippen LogP contribution in [-0.4, -0.2) is 25.0 Å². The van der Waals surface area contributed by atoms with Gasteiger partial charge in [0.25, 0.3) is 0 Å². The van der Waals surface area contributed by atoms with E-state index in [-0.39, 0.29) is 17.7 Å². The van der Waals surface area contributed by atoms with Crippen molar-refractivity contribution < 1.29 is 14.3 Å². The van der Waals surface area contributed by atoms with Crippen LogP contribution >= 0.6 is 0 Å². The zero-order chi connectivity index (χ0) is 18.5. The molecule has 3 rings (SSSR count). The van der Waals surface area contributed by atoms with Crippen LogP contribution in [0.5, 0.6) is 5.75 Å². The molecular weight excluding hydrogens is 330 g/mol. The number of carbonyl (C=O) groups excluding carboxylic acids is 2. The lowest BCUT2D eigenvalue weighted by atomic mass is 10.2. The SMILES string of the molecule is COc1ccccc1NC(=O)C(C)Nc1ccc(NC(=O)C2CC2)cc1. The quantitative estimate of drug-likeness (QED) is 0.712. The monoisotopic (exact) mass is 353 g/mol. The van der Waals surface area contributed by atoms with Gasteiger partial charge in [-0.15, -0.1) is 0 Å². The van der Waals surface area contributed by atoms with Crippen LogP contribution in [0.25, 0.3) is 0 Å². The van der Waals surface area contributed by atoms with Gasteiger partial charge >= 0.3 is 0 Å². The number of benzene rings is 2. The highest BCUT2D eigenvalue weighted by atomic mass is 16.5. The van der Waals surface area contributed by atoms with Crippen LogP contribution in [-0.2, 0) is 9.59 Å². The van der Waals surface area contributed by atoms with Crippen LogP contribution in [0.4, 0.5) is 17.1 Å². The van der Waals surface area contributed by atoms with Crippen LogP contribution < -0.4 is 20.7 Å². The normalized spacial score (nSPS) is 14.2. The van der Waals surface area contributed by atoms with Crippen molar-refractivity contribution >= 4 is 28.9 Å². The van der Waals surface area contributed by atoms with Gasteiger partial charge in [-0.2, -0.15) is 0 Å². The summed E-state index contributed by atoms with van der Waals surface area (Å²) in [5.41, 5.74) is 2.20. The lowest BCUT2D eigenvalue weighted by Gasteiger charge is -2.17. The van der Waals surface area contributed by atoms with E-state index in [1.807, 2.05) is 36.4 Å². The molecule has 0 radical (unpaired) electrons. The number of nitrogens with one attached hydrogen (secondary N) is 3. The Kier molecular flexibility index (Phi) is 5.41. The fourth-order valence-corrected chi connectivity index (χ4v) is 2.54. The summed E-state index contributed by atoms with van der Waals surface area (Å²) in [4.78, 5) is 24.2. The number of hydrogen-bond acceptors (Lipinski definition) is 4. The fourth-order valence-electron chi connectivity index (χ4n) is 2.54. The molecule has 2 aromatic rings.